The van der Waals surface area contributed by atoms with Crippen LogP contribution >= 0.6 is 11.6 Å². The second-order valence-electron chi connectivity index (χ2n) is 9.40. The van der Waals surface area contributed by atoms with Crippen molar-refractivity contribution >= 4 is 35.2 Å². The molecule has 0 spiro atoms. The minimum Gasteiger partial charge on any atom is -0.459 e. The first-order valence-electron chi connectivity index (χ1n) is 12.6. The van der Waals surface area contributed by atoms with E-state index in [1.54, 1.807) is 0 Å². The van der Waals surface area contributed by atoms with Gasteiger partial charge in [-0.2, -0.15) is 0 Å². The first-order chi connectivity index (χ1) is 17.8. The average molecular weight is 524 g/mol. The Morgan fingerprint density at radius 2 is 1.89 bits per heavy atom. The lowest BCUT2D eigenvalue weighted by molar-refractivity contribution is -0.143. The highest BCUT2D eigenvalue weighted by Crippen LogP contribution is 2.36. The van der Waals surface area contributed by atoms with Crippen molar-refractivity contribution in [2.75, 3.05) is 38.1 Å². The number of allylic oxidation sites excluding steroid dienone is 1. The number of halogens is 1. The van der Waals surface area contributed by atoms with E-state index in [2.05, 4.69) is 10.2 Å². The molecule has 4 rings (SSSR count). The molecule has 196 valence electrons. The van der Waals surface area contributed by atoms with Crippen LogP contribution in [0.5, 0.6) is 0 Å². The molecule has 1 N–H and O–H groups in total. The summed E-state index contributed by atoms with van der Waals surface area (Å²) in [5, 5.41) is 3.77. The fourth-order valence-electron chi connectivity index (χ4n) is 4.82. The zero-order valence-corrected chi connectivity index (χ0v) is 22.5. The van der Waals surface area contributed by atoms with Crippen LogP contribution in [0.25, 0.3) is 0 Å². The molecule has 1 atom stereocenters. The van der Waals surface area contributed by atoms with Crippen LogP contribution in [0.1, 0.15) is 38.8 Å². The number of urea groups is 1. The van der Waals surface area contributed by atoms with E-state index in [4.69, 9.17) is 21.3 Å². The minimum atomic E-state index is -0.431. The third-order valence-electron chi connectivity index (χ3n) is 6.46. The van der Waals surface area contributed by atoms with Crippen molar-refractivity contribution in [1.29, 1.82) is 0 Å². The topological polar surface area (TPSA) is 77.5 Å². The Morgan fingerprint density at radius 1 is 1.14 bits per heavy atom. The van der Waals surface area contributed by atoms with Crippen molar-refractivity contribution in [3.05, 3.63) is 76.5 Å². The van der Waals surface area contributed by atoms with Crippen LogP contribution < -0.4 is 10.2 Å². The number of para-hydroxylation sites is 1. The van der Waals surface area contributed by atoms with Crippen LogP contribution in [-0.4, -0.2) is 67.1 Å². The van der Waals surface area contributed by atoms with E-state index in [-0.39, 0.29) is 12.1 Å². The van der Waals surface area contributed by atoms with Gasteiger partial charge in [-0.05, 0) is 57.0 Å². The van der Waals surface area contributed by atoms with Crippen molar-refractivity contribution in [2.45, 2.75) is 39.3 Å². The highest BCUT2D eigenvalue weighted by Gasteiger charge is 2.37. The molecule has 37 heavy (non-hydrogen) atoms. The molecule has 2 aromatic rings. The number of nitrogens with zero attached hydrogens (tertiary/aromatic N) is 4. The Bertz CT molecular complexity index is 1200. The lowest BCUT2D eigenvalue weighted by Gasteiger charge is -2.39. The van der Waals surface area contributed by atoms with Gasteiger partial charge >= 0.3 is 12.0 Å². The first kappa shape index (κ1) is 26.5. The summed E-state index contributed by atoms with van der Waals surface area (Å²) in [5.41, 5.74) is 2.87. The molecule has 2 aliphatic rings. The predicted octanol–water partition coefficient (Wildman–Crippen LogP) is 4.83. The molecule has 0 aromatic heterocycles. The summed E-state index contributed by atoms with van der Waals surface area (Å²) in [6.07, 6.45) is 0.433. The Hall–Kier alpha value is -3.52. The number of amides is 2. The van der Waals surface area contributed by atoms with Gasteiger partial charge in [-0.15, -0.1) is 0 Å². The van der Waals surface area contributed by atoms with E-state index in [9.17, 15) is 9.59 Å². The predicted molar refractivity (Wildman–Crippen MR) is 147 cm³/mol. The van der Waals surface area contributed by atoms with Crippen LogP contribution in [0, 0.1) is 0 Å². The van der Waals surface area contributed by atoms with E-state index in [0.29, 0.717) is 54.9 Å². The molecule has 1 fully saturated rings. The van der Waals surface area contributed by atoms with Crippen LogP contribution in [0.4, 0.5) is 10.5 Å². The van der Waals surface area contributed by atoms with Gasteiger partial charge in [-0.25, -0.2) is 14.6 Å². The highest BCUT2D eigenvalue weighted by atomic mass is 35.5. The second-order valence-corrected chi connectivity index (χ2v) is 9.84. The maximum Gasteiger partial charge on any atom is 0.338 e. The Kier molecular flexibility index (Phi) is 8.38. The summed E-state index contributed by atoms with van der Waals surface area (Å²) in [4.78, 5) is 36.7. The van der Waals surface area contributed by atoms with Gasteiger partial charge in [0.05, 0.1) is 23.4 Å². The van der Waals surface area contributed by atoms with Gasteiger partial charge in [0.2, 0.25) is 0 Å². The fraction of sp³-hybridized carbons (Fsp3) is 0.393. The number of hydrogen-bond donors (Lipinski definition) is 1. The summed E-state index contributed by atoms with van der Waals surface area (Å²) in [6, 6.07) is 16.8. The summed E-state index contributed by atoms with van der Waals surface area (Å²) in [6.45, 7) is 7.97. The number of guanidine groups is 1. The van der Waals surface area contributed by atoms with E-state index in [1.165, 1.54) is 0 Å². The van der Waals surface area contributed by atoms with Crippen LogP contribution in [0.2, 0.25) is 5.02 Å². The quantitative estimate of drug-likeness (QED) is 0.501. The van der Waals surface area contributed by atoms with E-state index in [0.717, 1.165) is 11.3 Å². The molecular weight excluding hydrogens is 490 g/mol. The fourth-order valence-corrected chi connectivity index (χ4v) is 5.02. The monoisotopic (exact) mass is 523 g/mol. The van der Waals surface area contributed by atoms with Crippen molar-refractivity contribution in [3.63, 3.8) is 0 Å². The lowest BCUT2D eigenvalue weighted by atomic mass is 9.94. The lowest BCUT2D eigenvalue weighted by Crippen LogP contribution is -2.47. The number of carbonyl (C=O) groups is 2. The summed E-state index contributed by atoms with van der Waals surface area (Å²) < 4.78 is 5.61. The van der Waals surface area contributed by atoms with Crippen molar-refractivity contribution in [1.82, 2.24) is 15.1 Å². The molecule has 0 saturated carbocycles. The maximum atomic E-state index is 13.2. The first-order valence-corrected chi connectivity index (χ1v) is 13.0. The van der Waals surface area contributed by atoms with Gasteiger partial charge in [0.1, 0.15) is 0 Å². The standard InChI is InChI=1S/C28H34ClN5O3/c1-19(2)37-26(35)24-20(3)31-27(30-4)34(25(24)21-10-8-11-22(29)18-21)15-9-14-32-16-17-33(28(32)36)23-12-6-5-7-13-23/h5-8,10-13,18-19,25H,9,14-17H2,1-4H3,(H,30,31). The van der Waals surface area contributed by atoms with Crippen LogP contribution in [0.3, 0.4) is 0 Å². The normalized spacial score (nSPS) is 18.0. The van der Waals surface area contributed by atoms with Gasteiger partial charge in [0, 0.05) is 43.9 Å². The van der Waals surface area contributed by atoms with Crippen LogP contribution in [-0.2, 0) is 9.53 Å². The second kappa shape index (κ2) is 11.7. The molecule has 0 bridgehead atoms. The molecule has 2 heterocycles. The van der Waals surface area contributed by atoms with Crippen molar-refractivity contribution < 1.29 is 14.3 Å². The van der Waals surface area contributed by atoms with E-state index >= 15 is 0 Å². The number of anilines is 1. The number of esters is 1. The molecular formula is C28H34ClN5O3. The number of hydrogen-bond acceptors (Lipinski definition) is 6. The van der Waals surface area contributed by atoms with Gasteiger partial charge < -0.3 is 19.9 Å². The van der Waals surface area contributed by atoms with Gasteiger partial charge in [-0.3, -0.25) is 4.90 Å². The molecule has 2 aliphatic heterocycles. The average Bonchev–Trinajstić information content (AvgIpc) is 3.24. The molecule has 2 aromatic carbocycles. The molecule has 1 unspecified atom stereocenters. The Balaban J connectivity index is 1.55. The van der Waals surface area contributed by atoms with Crippen LogP contribution in [0.15, 0.2) is 70.9 Å². The molecule has 0 aliphatic carbocycles. The third kappa shape index (κ3) is 5.91. The van der Waals surface area contributed by atoms with Gasteiger partial charge in [-0.1, -0.05) is 41.9 Å². The maximum absolute atomic E-state index is 13.2. The Morgan fingerprint density at radius 3 is 2.57 bits per heavy atom. The van der Waals surface area contributed by atoms with Gasteiger partial charge in [0.15, 0.2) is 5.96 Å². The largest absolute Gasteiger partial charge is 0.459 e. The SMILES string of the molecule is CNC1=NC(C)=C(C(=O)OC(C)C)C(c2cccc(Cl)c2)N1CCCN1CCN(c2ccccc2)C1=O. The molecule has 2 amide bonds. The Labute approximate surface area is 223 Å². The molecule has 0 radical (unpaired) electrons. The number of benzene rings is 2. The van der Waals surface area contributed by atoms with E-state index in [1.807, 2.05) is 92.2 Å². The summed E-state index contributed by atoms with van der Waals surface area (Å²) >= 11 is 6.36. The minimum absolute atomic E-state index is 0.00989. The number of nitrogens with one attached hydrogen (secondary N) is 1. The zero-order valence-electron chi connectivity index (χ0n) is 21.8. The number of carbonyl (C=O) groups excluding carboxylic acids is 2. The number of aliphatic imine (C=N–C) groups is 1. The number of rotatable bonds is 8. The third-order valence-corrected chi connectivity index (χ3v) is 6.70. The summed E-state index contributed by atoms with van der Waals surface area (Å²) in [7, 11) is 1.81. The van der Waals surface area contributed by atoms with Gasteiger partial charge in [0.25, 0.3) is 0 Å². The molecule has 9 heteroatoms. The number of ether oxygens (including phenoxy) is 1. The molecule has 8 nitrogen and oxygen atoms in total. The van der Waals surface area contributed by atoms with Crippen molar-refractivity contribution in [3.8, 4) is 0 Å². The summed E-state index contributed by atoms with van der Waals surface area (Å²) in [5.74, 6) is 0.261. The highest BCUT2D eigenvalue weighted by molar-refractivity contribution is 6.30. The molecule has 1 saturated heterocycles. The van der Waals surface area contributed by atoms with Crippen molar-refractivity contribution in [2.24, 2.45) is 4.99 Å². The zero-order chi connectivity index (χ0) is 26.5. The smallest absolute Gasteiger partial charge is 0.338 e. The van der Waals surface area contributed by atoms with E-state index < -0.39 is 12.0 Å².